The number of hydrogen-bond donors (Lipinski definition) is 1. The zero-order valence-corrected chi connectivity index (χ0v) is 12.2. The third-order valence-electron chi connectivity index (χ3n) is 3.95. The normalized spacial score (nSPS) is 19.0. The first-order valence-electron chi connectivity index (χ1n) is 7.38. The van der Waals surface area contributed by atoms with Gasteiger partial charge in [0.1, 0.15) is 5.82 Å². The molecule has 3 heteroatoms. The summed E-state index contributed by atoms with van der Waals surface area (Å²) < 4.78 is 0. The zero-order valence-electron chi connectivity index (χ0n) is 12.2. The zero-order chi connectivity index (χ0) is 13.9. The smallest absolute Gasteiger partial charge is 0.145 e. The molecule has 1 aliphatic heterocycles. The first kappa shape index (κ1) is 13.3. The molecule has 1 aromatic heterocycles. The van der Waals surface area contributed by atoms with Gasteiger partial charge in [0, 0.05) is 11.8 Å². The minimum atomic E-state index is 0.314. The van der Waals surface area contributed by atoms with E-state index in [1.807, 2.05) is 12.3 Å². The Labute approximate surface area is 120 Å². The van der Waals surface area contributed by atoms with Crippen molar-refractivity contribution in [3.63, 3.8) is 0 Å². The molecule has 1 atom stereocenters. The highest BCUT2D eigenvalue weighted by atomic mass is 15.0. The van der Waals surface area contributed by atoms with Crippen LogP contribution in [0.1, 0.15) is 42.3 Å². The van der Waals surface area contributed by atoms with E-state index in [-0.39, 0.29) is 0 Å². The van der Waals surface area contributed by atoms with Crippen LogP contribution in [-0.2, 0) is 0 Å². The Balaban J connectivity index is 1.94. The van der Waals surface area contributed by atoms with Gasteiger partial charge in [0.05, 0.1) is 11.7 Å². The summed E-state index contributed by atoms with van der Waals surface area (Å²) in [6.45, 7) is 5.33. The van der Waals surface area contributed by atoms with Gasteiger partial charge in [0.15, 0.2) is 0 Å². The van der Waals surface area contributed by atoms with Crippen LogP contribution in [0.15, 0.2) is 30.5 Å². The van der Waals surface area contributed by atoms with Crippen molar-refractivity contribution < 1.29 is 0 Å². The van der Waals surface area contributed by atoms with Crippen molar-refractivity contribution in [1.82, 2.24) is 15.3 Å². The van der Waals surface area contributed by atoms with Crippen LogP contribution in [0.2, 0.25) is 0 Å². The molecule has 1 N–H and O–H groups in total. The molecular weight excluding hydrogens is 246 g/mol. The monoisotopic (exact) mass is 267 g/mol. The first-order chi connectivity index (χ1) is 9.74. The second-order valence-corrected chi connectivity index (χ2v) is 5.62. The molecule has 0 radical (unpaired) electrons. The fraction of sp³-hybridized carbons (Fsp3) is 0.412. The molecule has 1 fully saturated rings. The Hall–Kier alpha value is -1.74. The Kier molecular flexibility index (Phi) is 3.79. The van der Waals surface area contributed by atoms with Crippen LogP contribution >= 0.6 is 0 Å². The largest absolute Gasteiger partial charge is 0.307 e. The topological polar surface area (TPSA) is 37.8 Å². The highest BCUT2D eigenvalue weighted by Gasteiger charge is 2.17. The minimum Gasteiger partial charge on any atom is -0.307 e. The predicted octanol–water partition coefficient (Wildman–Crippen LogP) is 3.58. The van der Waals surface area contributed by atoms with Gasteiger partial charge in [-0.05, 0) is 44.9 Å². The summed E-state index contributed by atoms with van der Waals surface area (Å²) in [6.07, 6.45) is 5.53. The van der Waals surface area contributed by atoms with Gasteiger partial charge in [-0.15, -0.1) is 0 Å². The molecule has 20 heavy (non-hydrogen) atoms. The van der Waals surface area contributed by atoms with E-state index in [9.17, 15) is 0 Å². The lowest BCUT2D eigenvalue weighted by molar-refractivity contribution is 0.397. The summed E-state index contributed by atoms with van der Waals surface area (Å²) in [7, 11) is 0. The maximum Gasteiger partial charge on any atom is 0.145 e. The number of rotatable bonds is 2. The van der Waals surface area contributed by atoms with Crippen LogP contribution in [0.3, 0.4) is 0 Å². The first-order valence-corrected chi connectivity index (χ1v) is 7.38. The van der Waals surface area contributed by atoms with E-state index in [1.54, 1.807) is 0 Å². The van der Waals surface area contributed by atoms with E-state index < -0.39 is 0 Å². The lowest BCUT2D eigenvalue weighted by atomic mass is 10.0. The fourth-order valence-corrected chi connectivity index (χ4v) is 2.86. The second kappa shape index (κ2) is 5.71. The van der Waals surface area contributed by atoms with Gasteiger partial charge in [-0.1, -0.05) is 30.2 Å². The second-order valence-electron chi connectivity index (χ2n) is 5.62. The standard InChI is InChI=1S/C17H21N3/c1-12-6-7-14(13(2)11-12)15-8-10-19-17(20-15)16-5-3-4-9-18-16/h6-8,10-11,16,18H,3-5,9H2,1-2H3. The van der Waals surface area contributed by atoms with Crippen LogP contribution in [0.5, 0.6) is 0 Å². The summed E-state index contributed by atoms with van der Waals surface area (Å²) in [4.78, 5) is 9.25. The lowest BCUT2D eigenvalue weighted by Gasteiger charge is -2.22. The summed E-state index contributed by atoms with van der Waals surface area (Å²) in [5, 5.41) is 3.51. The van der Waals surface area contributed by atoms with Crippen molar-refractivity contribution in [1.29, 1.82) is 0 Å². The van der Waals surface area contributed by atoms with E-state index >= 15 is 0 Å². The van der Waals surface area contributed by atoms with Gasteiger partial charge < -0.3 is 5.32 Å². The van der Waals surface area contributed by atoms with Crippen LogP contribution in [-0.4, -0.2) is 16.5 Å². The quantitative estimate of drug-likeness (QED) is 0.903. The van der Waals surface area contributed by atoms with E-state index in [2.05, 4.69) is 42.3 Å². The number of piperidine rings is 1. The summed E-state index contributed by atoms with van der Waals surface area (Å²) >= 11 is 0. The van der Waals surface area contributed by atoms with Gasteiger partial charge in [-0.25, -0.2) is 9.97 Å². The molecule has 1 aromatic carbocycles. The maximum absolute atomic E-state index is 4.78. The molecule has 0 aliphatic carbocycles. The predicted molar refractivity (Wildman–Crippen MR) is 81.5 cm³/mol. The molecule has 1 aliphatic rings. The average Bonchev–Trinajstić information content (AvgIpc) is 2.48. The highest BCUT2D eigenvalue weighted by Crippen LogP contribution is 2.25. The van der Waals surface area contributed by atoms with Crippen LogP contribution in [0, 0.1) is 13.8 Å². The summed E-state index contributed by atoms with van der Waals surface area (Å²) in [5.41, 5.74) is 4.79. The third kappa shape index (κ3) is 2.73. The van der Waals surface area contributed by atoms with Gasteiger partial charge in [0.2, 0.25) is 0 Å². The number of aryl methyl sites for hydroxylation is 2. The Morgan fingerprint density at radius 1 is 1.15 bits per heavy atom. The van der Waals surface area contributed by atoms with Crippen LogP contribution in [0.4, 0.5) is 0 Å². The molecular formula is C17H21N3. The van der Waals surface area contributed by atoms with Crippen molar-refractivity contribution >= 4 is 0 Å². The number of hydrogen-bond acceptors (Lipinski definition) is 3. The number of aromatic nitrogens is 2. The lowest BCUT2D eigenvalue weighted by Crippen LogP contribution is -2.28. The summed E-state index contributed by atoms with van der Waals surface area (Å²) in [5.74, 6) is 0.933. The molecule has 3 rings (SSSR count). The van der Waals surface area contributed by atoms with Crippen molar-refractivity contribution in [2.45, 2.75) is 39.2 Å². The van der Waals surface area contributed by atoms with Crippen molar-refractivity contribution in [3.05, 3.63) is 47.4 Å². The van der Waals surface area contributed by atoms with E-state index in [0.29, 0.717) is 6.04 Å². The fourth-order valence-electron chi connectivity index (χ4n) is 2.86. The maximum atomic E-state index is 4.78. The SMILES string of the molecule is Cc1ccc(-c2ccnc(C3CCCCN3)n2)c(C)c1. The number of nitrogens with one attached hydrogen (secondary N) is 1. The van der Waals surface area contributed by atoms with E-state index in [1.165, 1.54) is 29.5 Å². The Morgan fingerprint density at radius 3 is 2.80 bits per heavy atom. The van der Waals surface area contributed by atoms with Crippen LogP contribution < -0.4 is 5.32 Å². The van der Waals surface area contributed by atoms with Gasteiger partial charge in [-0.2, -0.15) is 0 Å². The van der Waals surface area contributed by atoms with Crippen LogP contribution in [0.25, 0.3) is 11.3 Å². The van der Waals surface area contributed by atoms with Crippen molar-refractivity contribution in [3.8, 4) is 11.3 Å². The Morgan fingerprint density at radius 2 is 2.05 bits per heavy atom. The molecule has 0 spiro atoms. The molecule has 104 valence electrons. The van der Waals surface area contributed by atoms with Gasteiger partial charge in [0.25, 0.3) is 0 Å². The molecule has 1 unspecified atom stereocenters. The molecule has 2 heterocycles. The Bertz CT molecular complexity index is 601. The van der Waals surface area contributed by atoms with Gasteiger partial charge in [-0.3, -0.25) is 0 Å². The molecule has 2 aromatic rings. The molecule has 1 saturated heterocycles. The van der Waals surface area contributed by atoms with E-state index in [0.717, 1.165) is 24.5 Å². The van der Waals surface area contributed by atoms with E-state index in [4.69, 9.17) is 4.98 Å². The van der Waals surface area contributed by atoms with Crippen molar-refractivity contribution in [2.75, 3.05) is 6.54 Å². The molecule has 3 nitrogen and oxygen atoms in total. The summed E-state index contributed by atoms with van der Waals surface area (Å²) in [6, 6.07) is 8.82. The highest BCUT2D eigenvalue weighted by molar-refractivity contribution is 5.63. The van der Waals surface area contributed by atoms with Gasteiger partial charge >= 0.3 is 0 Å². The minimum absolute atomic E-state index is 0.314. The molecule has 0 saturated carbocycles. The molecule has 0 amide bonds. The third-order valence-corrected chi connectivity index (χ3v) is 3.95. The number of nitrogens with zero attached hydrogens (tertiary/aromatic N) is 2. The van der Waals surface area contributed by atoms with Crippen molar-refractivity contribution in [2.24, 2.45) is 0 Å². The average molecular weight is 267 g/mol. The molecule has 0 bridgehead atoms. The number of benzene rings is 1.